The minimum atomic E-state index is -2.97. The highest BCUT2D eigenvalue weighted by molar-refractivity contribution is 7.91. The second-order valence-corrected chi connectivity index (χ2v) is 9.23. The molecule has 3 rings (SSSR count). The predicted molar refractivity (Wildman–Crippen MR) is 95.7 cm³/mol. The molecule has 1 aliphatic heterocycles. The van der Waals surface area contributed by atoms with Gasteiger partial charge < -0.3 is 4.90 Å². The number of hydrogen-bond acceptors (Lipinski definition) is 5. The van der Waals surface area contributed by atoms with Gasteiger partial charge in [-0.05, 0) is 6.42 Å². The molecule has 0 N–H and O–H groups in total. The third-order valence-corrected chi connectivity index (χ3v) is 6.98. The minimum absolute atomic E-state index is 0.0199. The Morgan fingerprint density at radius 2 is 2.08 bits per heavy atom. The van der Waals surface area contributed by atoms with E-state index in [-0.39, 0.29) is 23.5 Å². The Balaban J connectivity index is 1.56. The van der Waals surface area contributed by atoms with E-state index in [2.05, 4.69) is 4.98 Å². The fourth-order valence-corrected chi connectivity index (χ4v) is 5.42. The topological polar surface area (TPSA) is 67.3 Å². The van der Waals surface area contributed by atoms with Gasteiger partial charge >= 0.3 is 0 Å². The summed E-state index contributed by atoms with van der Waals surface area (Å²) >= 11 is 1.55. The molecule has 1 aromatic carbocycles. The number of carbonyl (C=O) groups is 1. The van der Waals surface area contributed by atoms with Crippen molar-refractivity contribution in [3.63, 3.8) is 0 Å². The number of thiazole rings is 1. The van der Waals surface area contributed by atoms with Crippen LogP contribution in [0.3, 0.4) is 0 Å². The highest BCUT2D eigenvalue weighted by Gasteiger charge is 2.32. The Kier molecular flexibility index (Phi) is 5.01. The average Bonchev–Trinajstić information content (AvgIpc) is 3.19. The molecule has 24 heavy (non-hydrogen) atoms. The van der Waals surface area contributed by atoms with Crippen LogP contribution >= 0.6 is 11.3 Å². The summed E-state index contributed by atoms with van der Waals surface area (Å²) in [5, 5.41) is 2.93. The van der Waals surface area contributed by atoms with Crippen LogP contribution < -0.4 is 0 Å². The molecule has 1 amide bonds. The first kappa shape index (κ1) is 17.1. The first-order valence-electron chi connectivity index (χ1n) is 7.90. The van der Waals surface area contributed by atoms with Gasteiger partial charge in [0.15, 0.2) is 9.84 Å². The van der Waals surface area contributed by atoms with Gasteiger partial charge in [-0.3, -0.25) is 4.79 Å². The number of aryl methyl sites for hydroxylation is 1. The smallest absolute Gasteiger partial charge is 0.223 e. The SMILES string of the molecule is CN(C(=O)CCc1nc(-c2ccccc2)cs1)C1CCS(=O)(=O)C1. The second-order valence-electron chi connectivity index (χ2n) is 6.05. The first-order chi connectivity index (χ1) is 11.4. The van der Waals surface area contributed by atoms with Gasteiger partial charge in [0.25, 0.3) is 0 Å². The van der Waals surface area contributed by atoms with E-state index in [1.807, 2.05) is 35.7 Å². The summed E-state index contributed by atoms with van der Waals surface area (Å²) < 4.78 is 23.1. The molecular formula is C17H20N2O3S2. The van der Waals surface area contributed by atoms with Gasteiger partial charge in [-0.2, -0.15) is 0 Å². The molecule has 0 radical (unpaired) electrons. The van der Waals surface area contributed by atoms with E-state index in [1.165, 1.54) is 0 Å². The third-order valence-electron chi connectivity index (χ3n) is 4.32. The normalized spacial score (nSPS) is 19.3. The van der Waals surface area contributed by atoms with E-state index >= 15 is 0 Å². The molecule has 1 fully saturated rings. The molecule has 1 saturated heterocycles. The lowest BCUT2D eigenvalue weighted by Gasteiger charge is -2.23. The third kappa shape index (κ3) is 4.02. The fraction of sp³-hybridized carbons (Fsp3) is 0.412. The van der Waals surface area contributed by atoms with Crippen LogP contribution in [-0.2, 0) is 21.1 Å². The molecule has 0 bridgehead atoms. The molecule has 2 aromatic rings. The highest BCUT2D eigenvalue weighted by Crippen LogP contribution is 2.23. The van der Waals surface area contributed by atoms with E-state index in [0.717, 1.165) is 16.3 Å². The van der Waals surface area contributed by atoms with Gasteiger partial charge in [0.05, 0.1) is 22.2 Å². The minimum Gasteiger partial charge on any atom is -0.342 e. The summed E-state index contributed by atoms with van der Waals surface area (Å²) in [6, 6.07) is 9.76. The van der Waals surface area contributed by atoms with Crippen LogP contribution in [-0.4, -0.2) is 48.8 Å². The van der Waals surface area contributed by atoms with Crippen molar-refractivity contribution in [1.82, 2.24) is 9.88 Å². The second kappa shape index (κ2) is 7.03. The zero-order valence-electron chi connectivity index (χ0n) is 13.5. The van der Waals surface area contributed by atoms with Crippen LogP contribution in [0.5, 0.6) is 0 Å². The highest BCUT2D eigenvalue weighted by atomic mass is 32.2. The average molecular weight is 364 g/mol. The van der Waals surface area contributed by atoms with Gasteiger partial charge in [0.1, 0.15) is 0 Å². The number of rotatable bonds is 5. The first-order valence-corrected chi connectivity index (χ1v) is 10.6. The van der Waals surface area contributed by atoms with Gasteiger partial charge in [-0.15, -0.1) is 11.3 Å². The monoisotopic (exact) mass is 364 g/mol. The molecule has 128 valence electrons. The van der Waals surface area contributed by atoms with Crippen LogP contribution in [0.4, 0.5) is 0 Å². The van der Waals surface area contributed by atoms with Crippen molar-refractivity contribution in [3.8, 4) is 11.3 Å². The Labute approximate surface area is 146 Å². The molecule has 1 aliphatic rings. The maximum atomic E-state index is 12.3. The summed E-state index contributed by atoms with van der Waals surface area (Å²) in [5.74, 6) is 0.251. The molecule has 1 aromatic heterocycles. The van der Waals surface area contributed by atoms with Crippen molar-refractivity contribution < 1.29 is 13.2 Å². The Hall–Kier alpha value is -1.73. The van der Waals surface area contributed by atoms with Crippen molar-refractivity contribution >= 4 is 27.1 Å². The lowest BCUT2D eigenvalue weighted by molar-refractivity contribution is -0.131. The number of aromatic nitrogens is 1. The molecule has 0 aliphatic carbocycles. The van der Waals surface area contributed by atoms with E-state index in [1.54, 1.807) is 23.3 Å². The molecule has 7 heteroatoms. The summed E-state index contributed by atoms with van der Waals surface area (Å²) in [6.07, 6.45) is 1.48. The lowest BCUT2D eigenvalue weighted by Crippen LogP contribution is -2.37. The van der Waals surface area contributed by atoms with Crippen LogP contribution in [0.1, 0.15) is 17.8 Å². The standard InChI is InChI=1S/C17H20N2O3S2/c1-19(14-9-10-24(21,22)12-14)17(20)8-7-16-18-15(11-23-16)13-5-3-2-4-6-13/h2-6,11,14H,7-10,12H2,1H3. The fourth-order valence-electron chi connectivity index (χ4n) is 2.84. The van der Waals surface area contributed by atoms with Gasteiger partial charge in [-0.1, -0.05) is 30.3 Å². The Morgan fingerprint density at radius 3 is 2.75 bits per heavy atom. The maximum Gasteiger partial charge on any atom is 0.223 e. The van der Waals surface area contributed by atoms with Gasteiger partial charge in [0.2, 0.25) is 5.91 Å². The van der Waals surface area contributed by atoms with E-state index in [4.69, 9.17) is 0 Å². The van der Waals surface area contributed by atoms with Crippen LogP contribution in [0.15, 0.2) is 35.7 Å². The predicted octanol–water partition coefficient (Wildman–Crippen LogP) is 2.39. The quantitative estimate of drug-likeness (QED) is 0.817. The summed E-state index contributed by atoms with van der Waals surface area (Å²) in [5.41, 5.74) is 2.00. The lowest BCUT2D eigenvalue weighted by atomic mass is 10.2. The number of amides is 1. The molecule has 1 atom stereocenters. The number of benzene rings is 1. The van der Waals surface area contributed by atoms with E-state index in [0.29, 0.717) is 19.3 Å². The maximum absolute atomic E-state index is 12.3. The molecule has 0 spiro atoms. The number of sulfone groups is 1. The number of nitrogens with zero attached hydrogens (tertiary/aromatic N) is 2. The van der Waals surface area contributed by atoms with E-state index in [9.17, 15) is 13.2 Å². The van der Waals surface area contributed by atoms with Crippen LogP contribution in [0.25, 0.3) is 11.3 Å². The zero-order chi connectivity index (χ0) is 17.2. The van der Waals surface area contributed by atoms with Gasteiger partial charge in [-0.25, -0.2) is 13.4 Å². The molecular weight excluding hydrogens is 344 g/mol. The van der Waals surface area contributed by atoms with Crippen molar-refractivity contribution in [2.75, 3.05) is 18.6 Å². The molecule has 1 unspecified atom stereocenters. The largest absolute Gasteiger partial charge is 0.342 e. The van der Waals surface area contributed by atoms with Crippen molar-refractivity contribution in [3.05, 3.63) is 40.7 Å². The zero-order valence-corrected chi connectivity index (χ0v) is 15.1. The number of hydrogen-bond donors (Lipinski definition) is 0. The molecule has 2 heterocycles. The van der Waals surface area contributed by atoms with E-state index < -0.39 is 9.84 Å². The van der Waals surface area contributed by atoms with Crippen molar-refractivity contribution in [2.45, 2.75) is 25.3 Å². The summed E-state index contributed by atoms with van der Waals surface area (Å²) in [4.78, 5) is 18.5. The Bertz CT molecular complexity index is 815. The summed E-state index contributed by atoms with van der Waals surface area (Å²) in [6.45, 7) is 0. The van der Waals surface area contributed by atoms with Crippen molar-refractivity contribution in [1.29, 1.82) is 0 Å². The van der Waals surface area contributed by atoms with Gasteiger partial charge in [0, 0.05) is 36.9 Å². The number of carbonyl (C=O) groups excluding carboxylic acids is 1. The molecule has 0 saturated carbocycles. The Morgan fingerprint density at radius 1 is 1.33 bits per heavy atom. The van der Waals surface area contributed by atoms with Crippen LogP contribution in [0.2, 0.25) is 0 Å². The molecule has 5 nitrogen and oxygen atoms in total. The van der Waals surface area contributed by atoms with Crippen LogP contribution in [0, 0.1) is 0 Å². The van der Waals surface area contributed by atoms with Crippen molar-refractivity contribution in [2.24, 2.45) is 0 Å². The summed E-state index contributed by atoms with van der Waals surface area (Å²) in [7, 11) is -1.27.